The van der Waals surface area contributed by atoms with Crippen LogP contribution in [0.5, 0.6) is 0 Å². The molecule has 1 aromatic carbocycles. The van der Waals surface area contributed by atoms with E-state index in [9.17, 15) is 9.18 Å². The van der Waals surface area contributed by atoms with Crippen LogP contribution in [0.3, 0.4) is 0 Å². The van der Waals surface area contributed by atoms with E-state index in [0.29, 0.717) is 23.6 Å². The largest absolute Gasteiger partial charge is 0.397 e. The number of hydrogen-bond donors (Lipinski definition) is 1. The Morgan fingerprint density at radius 1 is 1.38 bits per heavy atom. The second kappa shape index (κ2) is 5.99. The second-order valence-corrected chi connectivity index (χ2v) is 5.19. The third-order valence-electron chi connectivity index (χ3n) is 3.33. The van der Waals surface area contributed by atoms with Crippen molar-refractivity contribution < 1.29 is 9.18 Å². The van der Waals surface area contributed by atoms with Crippen LogP contribution in [0.1, 0.15) is 37.3 Å². The fraction of sp³-hybridized carbons (Fsp3) is 0.312. The first-order valence-electron chi connectivity index (χ1n) is 6.98. The van der Waals surface area contributed by atoms with Crippen molar-refractivity contribution in [2.24, 2.45) is 0 Å². The molecule has 2 rings (SSSR count). The molecule has 0 fully saturated rings. The van der Waals surface area contributed by atoms with Crippen LogP contribution < -0.4 is 10.6 Å². The molecule has 1 heterocycles. The number of benzene rings is 1. The van der Waals surface area contributed by atoms with Crippen LogP contribution in [-0.2, 0) is 0 Å². The molecule has 2 aromatic rings. The van der Waals surface area contributed by atoms with Crippen LogP contribution in [-0.4, -0.2) is 17.0 Å². The Kier molecular flexibility index (Phi) is 4.31. The highest BCUT2D eigenvalue weighted by Gasteiger charge is 2.21. The van der Waals surface area contributed by atoms with Crippen molar-refractivity contribution in [3.05, 3.63) is 48.0 Å². The number of nitrogens with zero attached hydrogens (tertiary/aromatic N) is 2. The Morgan fingerprint density at radius 3 is 2.67 bits per heavy atom. The van der Waals surface area contributed by atoms with E-state index in [-0.39, 0.29) is 17.8 Å². The molecule has 2 N–H and O–H groups in total. The Hall–Kier alpha value is -2.30. The Bertz CT molecular complexity index is 649. The van der Waals surface area contributed by atoms with Crippen LogP contribution in [0.2, 0.25) is 0 Å². The number of hydrogen-bond acceptors (Lipinski definition) is 2. The van der Waals surface area contributed by atoms with Gasteiger partial charge in [0.15, 0.2) is 0 Å². The van der Waals surface area contributed by atoms with E-state index >= 15 is 0 Å². The van der Waals surface area contributed by atoms with Gasteiger partial charge in [-0.1, -0.05) is 6.07 Å². The smallest absolute Gasteiger partial charge is 0.274 e. The van der Waals surface area contributed by atoms with Crippen molar-refractivity contribution in [2.75, 3.05) is 17.2 Å². The van der Waals surface area contributed by atoms with Gasteiger partial charge in [-0.25, -0.2) is 4.39 Å². The molecule has 0 saturated carbocycles. The van der Waals surface area contributed by atoms with Crippen LogP contribution in [0.4, 0.5) is 15.8 Å². The molecule has 0 atom stereocenters. The Morgan fingerprint density at radius 2 is 2.10 bits per heavy atom. The Labute approximate surface area is 124 Å². The van der Waals surface area contributed by atoms with Gasteiger partial charge in [-0.2, -0.15) is 0 Å². The summed E-state index contributed by atoms with van der Waals surface area (Å²) in [7, 11) is 0. The van der Waals surface area contributed by atoms with E-state index in [2.05, 4.69) is 0 Å². The number of amides is 1. The molecule has 0 spiro atoms. The average molecular weight is 289 g/mol. The fourth-order valence-electron chi connectivity index (χ4n) is 2.32. The zero-order valence-corrected chi connectivity index (χ0v) is 12.5. The molecular weight excluding hydrogens is 269 g/mol. The van der Waals surface area contributed by atoms with Crippen LogP contribution in [0, 0.1) is 5.82 Å². The summed E-state index contributed by atoms with van der Waals surface area (Å²) in [5, 5.41) is 0. The van der Waals surface area contributed by atoms with Crippen molar-refractivity contribution in [3.8, 4) is 0 Å². The van der Waals surface area contributed by atoms with Crippen LogP contribution >= 0.6 is 0 Å². The number of nitrogen functional groups attached to an aromatic ring is 1. The average Bonchev–Trinajstić information content (AvgIpc) is 2.82. The van der Waals surface area contributed by atoms with Gasteiger partial charge in [-0.05, 0) is 45.0 Å². The molecule has 0 aliphatic rings. The molecule has 0 saturated heterocycles. The summed E-state index contributed by atoms with van der Waals surface area (Å²) in [5.74, 6) is -0.550. The van der Waals surface area contributed by atoms with Crippen LogP contribution in [0.25, 0.3) is 0 Å². The van der Waals surface area contributed by atoms with Gasteiger partial charge in [0.05, 0.1) is 5.69 Å². The van der Waals surface area contributed by atoms with E-state index in [0.717, 1.165) is 0 Å². The van der Waals surface area contributed by atoms with E-state index in [4.69, 9.17) is 5.73 Å². The normalized spacial score (nSPS) is 10.9. The molecular formula is C16H20FN3O. The minimum Gasteiger partial charge on any atom is -0.397 e. The number of nitrogens with two attached hydrogens (primary N) is 1. The van der Waals surface area contributed by atoms with Gasteiger partial charge in [0.2, 0.25) is 0 Å². The topological polar surface area (TPSA) is 51.3 Å². The molecule has 21 heavy (non-hydrogen) atoms. The zero-order chi connectivity index (χ0) is 15.6. The molecule has 1 amide bonds. The van der Waals surface area contributed by atoms with Gasteiger partial charge < -0.3 is 15.2 Å². The van der Waals surface area contributed by atoms with Crippen molar-refractivity contribution >= 4 is 17.3 Å². The van der Waals surface area contributed by atoms with Crippen molar-refractivity contribution in [2.45, 2.75) is 26.8 Å². The maximum absolute atomic E-state index is 13.4. The summed E-state index contributed by atoms with van der Waals surface area (Å²) in [5.41, 5.74) is 7.40. The van der Waals surface area contributed by atoms with Gasteiger partial charge in [-0.15, -0.1) is 0 Å². The summed E-state index contributed by atoms with van der Waals surface area (Å²) in [4.78, 5) is 14.3. The minimum absolute atomic E-state index is 0.118. The maximum atomic E-state index is 13.4. The van der Waals surface area contributed by atoms with E-state index in [1.54, 1.807) is 24.4 Å². The minimum atomic E-state index is -0.363. The summed E-state index contributed by atoms with van der Waals surface area (Å²) in [6.07, 6.45) is 1.75. The Balaban J connectivity index is 2.41. The summed E-state index contributed by atoms with van der Waals surface area (Å²) in [6, 6.07) is 7.80. The lowest BCUT2D eigenvalue weighted by atomic mass is 10.2. The SMILES string of the molecule is CCN(C(=O)c1cc(N)cn1C(C)C)c1cccc(F)c1. The maximum Gasteiger partial charge on any atom is 0.274 e. The third kappa shape index (κ3) is 3.07. The molecule has 0 aliphatic heterocycles. The highest BCUT2D eigenvalue weighted by atomic mass is 19.1. The lowest BCUT2D eigenvalue weighted by molar-refractivity contribution is 0.0978. The number of aromatic nitrogens is 1. The van der Waals surface area contributed by atoms with Crippen LogP contribution in [0.15, 0.2) is 36.5 Å². The number of carbonyl (C=O) groups excluding carboxylic acids is 1. The monoisotopic (exact) mass is 289 g/mol. The quantitative estimate of drug-likeness (QED) is 0.937. The first-order chi connectivity index (χ1) is 9.93. The highest BCUT2D eigenvalue weighted by Crippen LogP contribution is 2.22. The van der Waals surface area contributed by atoms with Gasteiger partial charge in [0.25, 0.3) is 5.91 Å². The second-order valence-electron chi connectivity index (χ2n) is 5.19. The lowest BCUT2D eigenvalue weighted by Gasteiger charge is -2.22. The van der Waals surface area contributed by atoms with Gasteiger partial charge in [0, 0.05) is 24.5 Å². The van der Waals surface area contributed by atoms with Crippen molar-refractivity contribution in [3.63, 3.8) is 0 Å². The molecule has 0 bridgehead atoms. The predicted molar refractivity (Wildman–Crippen MR) is 83.0 cm³/mol. The van der Waals surface area contributed by atoms with E-state index in [1.165, 1.54) is 17.0 Å². The molecule has 112 valence electrons. The first kappa shape index (κ1) is 15.1. The summed E-state index contributed by atoms with van der Waals surface area (Å²) < 4.78 is 15.2. The fourth-order valence-corrected chi connectivity index (χ4v) is 2.32. The van der Waals surface area contributed by atoms with Gasteiger partial charge in [-0.3, -0.25) is 4.79 Å². The van der Waals surface area contributed by atoms with E-state index in [1.807, 2.05) is 25.3 Å². The molecule has 0 unspecified atom stereocenters. The zero-order valence-electron chi connectivity index (χ0n) is 12.5. The van der Waals surface area contributed by atoms with Crippen molar-refractivity contribution in [1.82, 2.24) is 4.57 Å². The summed E-state index contributed by atoms with van der Waals surface area (Å²) in [6.45, 7) is 6.27. The lowest BCUT2D eigenvalue weighted by Crippen LogP contribution is -2.32. The number of carbonyl (C=O) groups is 1. The molecule has 5 heteroatoms. The number of anilines is 2. The summed E-state index contributed by atoms with van der Waals surface area (Å²) >= 11 is 0. The third-order valence-corrected chi connectivity index (χ3v) is 3.33. The molecule has 4 nitrogen and oxygen atoms in total. The first-order valence-corrected chi connectivity index (χ1v) is 6.98. The van der Waals surface area contributed by atoms with Crippen molar-refractivity contribution in [1.29, 1.82) is 0 Å². The van der Waals surface area contributed by atoms with Gasteiger partial charge >= 0.3 is 0 Å². The molecule has 0 aliphatic carbocycles. The van der Waals surface area contributed by atoms with E-state index < -0.39 is 0 Å². The predicted octanol–water partition coefficient (Wildman–Crippen LogP) is 3.46. The number of rotatable bonds is 4. The molecule has 0 radical (unpaired) electrons. The standard InChI is InChI=1S/C16H20FN3O/c1-4-19(14-7-5-6-12(17)8-14)16(21)15-9-13(18)10-20(15)11(2)3/h5-11H,4,18H2,1-3H3. The highest BCUT2D eigenvalue weighted by molar-refractivity contribution is 6.05. The molecule has 1 aromatic heterocycles. The van der Waals surface area contributed by atoms with Gasteiger partial charge in [0.1, 0.15) is 11.5 Å². The number of halogens is 1.